The fraction of sp³-hybridized carbons (Fsp3) is 0.318. The van der Waals surface area contributed by atoms with Gasteiger partial charge in [0.25, 0.3) is 0 Å². The van der Waals surface area contributed by atoms with E-state index in [1.807, 2.05) is 6.07 Å². The molecule has 35 heavy (non-hydrogen) atoms. The van der Waals surface area contributed by atoms with Gasteiger partial charge in [0.1, 0.15) is 42.3 Å². The van der Waals surface area contributed by atoms with Gasteiger partial charge in [-0.15, -0.1) is 0 Å². The van der Waals surface area contributed by atoms with Crippen LogP contribution in [0.2, 0.25) is 0 Å². The molecule has 0 spiro atoms. The van der Waals surface area contributed by atoms with E-state index in [1.54, 1.807) is 22.8 Å². The molecule has 182 valence electrons. The normalized spacial score (nSPS) is 22.2. The molecule has 4 heterocycles. The average molecular weight is 563 g/mol. The summed E-state index contributed by atoms with van der Waals surface area (Å²) in [5.41, 5.74) is 1.25. The van der Waals surface area contributed by atoms with Crippen LogP contribution in [0.3, 0.4) is 0 Å². The first-order valence-electron chi connectivity index (χ1n) is 10.5. The number of aliphatic hydroxyl groups is 2. The smallest absolute Gasteiger partial charge is 0.340 e. The molecular weight excluding hydrogens is 544 g/mol. The number of rotatable bonds is 6. The topological polar surface area (TPSA) is 150 Å². The van der Waals surface area contributed by atoms with Gasteiger partial charge in [-0.1, -0.05) is 27.7 Å². The van der Waals surface area contributed by atoms with Crippen molar-refractivity contribution in [2.24, 2.45) is 0 Å². The van der Waals surface area contributed by atoms with Gasteiger partial charge in [0, 0.05) is 28.1 Å². The molecule has 0 amide bonds. The fourth-order valence-corrected chi connectivity index (χ4v) is 5.18. The van der Waals surface area contributed by atoms with E-state index in [2.05, 4.69) is 30.9 Å². The van der Waals surface area contributed by atoms with E-state index in [0.717, 1.165) is 9.86 Å². The summed E-state index contributed by atoms with van der Waals surface area (Å²) in [4.78, 5) is 36.5. The molecule has 0 radical (unpaired) electrons. The van der Waals surface area contributed by atoms with E-state index in [9.17, 15) is 19.8 Å². The molecule has 0 saturated carbocycles. The van der Waals surface area contributed by atoms with E-state index >= 15 is 0 Å². The van der Waals surface area contributed by atoms with Crippen LogP contribution in [0.5, 0.6) is 0 Å². The van der Waals surface area contributed by atoms with Crippen LogP contribution in [0.15, 0.2) is 55.6 Å². The third kappa shape index (κ3) is 4.69. The third-order valence-electron chi connectivity index (χ3n) is 5.49. The van der Waals surface area contributed by atoms with Crippen molar-refractivity contribution in [2.75, 3.05) is 6.61 Å². The first-order valence-corrected chi connectivity index (χ1v) is 12.3. The molecule has 4 atom stereocenters. The van der Waals surface area contributed by atoms with Crippen LogP contribution in [0.1, 0.15) is 18.7 Å². The molecule has 1 aliphatic rings. The number of nitrogens with zero attached hydrogens (tertiary/aromatic N) is 4. The van der Waals surface area contributed by atoms with Gasteiger partial charge in [-0.05, 0) is 24.3 Å². The number of thioether (sulfide) groups is 1. The summed E-state index contributed by atoms with van der Waals surface area (Å²) in [7, 11) is 0. The second kappa shape index (κ2) is 9.66. The summed E-state index contributed by atoms with van der Waals surface area (Å²) in [6, 6.07) is 7.11. The summed E-state index contributed by atoms with van der Waals surface area (Å²) in [6.45, 7) is 1.02. The predicted octanol–water partition coefficient (Wildman–Crippen LogP) is 2.17. The molecular formula is C22H19BrN4O7S. The van der Waals surface area contributed by atoms with Crippen molar-refractivity contribution in [2.45, 2.75) is 42.4 Å². The molecule has 5 rings (SSSR count). The lowest BCUT2D eigenvalue weighted by molar-refractivity contribution is -0.147. The van der Waals surface area contributed by atoms with Crippen LogP contribution >= 0.6 is 27.7 Å². The summed E-state index contributed by atoms with van der Waals surface area (Å²) < 4.78 is 18.6. The molecule has 0 bridgehead atoms. The molecule has 4 aromatic rings. The highest BCUT2D eigenvalue weighted by atomic mass is 79.9. The second-order valence-corrected chi connectivity index (χ2v) is 9.73. The Labute approximate surface area is 210 Å². The Bertz CT molecular complexity index is 1480. The minimum absolute atomic E-state index is 0.212. The zero-order valence-corrected chi connectivity index (χ0v) is 20.6. The number of hydrogen-bond acceptors (Lipinski definition) is 11. The van der Waals surface area contributed by atoms with Crippen LogP contribution < -0.4 is 5.63 Å². The minimum Gasteiger partial charge on any atom is -0.463 e. The molecule has 3 aromatic heterocycles. The Kier molecular flexibility index (Phi) is 6.59. The fourth-order valence-electron chi connectivity index (χ4n) is 3.82. The van der Waals surface area contributed by atoms with Crippen molar-refractivity contribution in [3.8, 4) is 0 Å². The van der Waals surface area contributed by atoms with Crippen LogP contribution in [0, 0.1) is 0 Å². The van der Waals surface area contributed by atoms with Gasteiger partial charge in [0.15, 0.2) is 17.0 Å². The number of hydrogen-bond donors (Lipinski definition) is 2. The Hall–Kier alpha value is -2.84. The van der Waals surface area contributed by atoms with E-state index in [1.165, 1.54) is 31.2 Å². The van der Waals surface area contributed by atoms with Gasteiger partial charge < -0.3 is 24.1 Å². The number of imidazole rings is 1. The van der Waals surface area contributed by atoms with Crippen LogP contribution in [-0.2, 0) is 20.0 Å². The minimum atomic E-state index is -1.34. The van der Waals surface area contributed by atoms with Gasteiger partial charge in [0.05, 0.1) is 6.20 Å². The van der Waals surface area contributed by atoms with Crippen molar-refractivity contribution in [3.05, 3.63) is 57.2 Å². The Morgan fingerprint density at radius 1 is 1.29 bits per heavy atom. The van der Waals surface area contributed by atoms with Gasteiger partial charge in [-0.3, -0.25) is 9.36 Å². The lowest BCUT2D eigenvalue weighted by Crippen LogP contribution is -2.34. The number of carbonyl (C=O) groups is 1. The Morgan fingerprint density at radius 2 is 2.11 bits per heavy atom. The molecule has 13 heteroatoms. The number of esters is 1. The molecule has 1 aliphatic heterocycles. The maximum atomic E-state index is 12.5. The summed E-state index contributed by atoms with van der Waals surface area (Å²) in [5, 5.41) is 22.4. The number of halogens is 1. The van der Waals surface area contributed by atoms with Crippen LogP contribution in [0.25, 0.3) is 22.1 Å². The van der Waals surface area contributed by atoms with E-state index in [-0.39, 0.29) is 12.4 Å². The molecule has 1 fully saturated rings. The molecule has 0 aliphatic carbocycles. The van der Waals surface area contributed by atoms with Gasteiger partial charge in [-0.2, -0.15) is 0 Å². The number of aromatic nitrogens is 4. The standard InChI is InChI=1S/C22H19BrN4O7S/c1-10(28)32-7-16-17(29)18(30)20(33-16)27-19-14(6-24-9-25-19)26-22(27)35-8-12-4-11-5-13(23)2-3-15(11)34-21(12)31/h2-6,9,16-18,20,29-30H,7-8H2,1H3/t16-,17-,18-,20-/m1/s1. The number of benzene rings is 1. The lowest BCUT2D eigenvalue weighted by Gasteiger charge is -2.19. The molecule has 0 unspecified atom stereocenters. The number of ether oxygens (including phenoxy) is 2. The van der Waals surface area contributed by atoms with Crippen LogP contribution in [-0.4, -0.2) is 60.6 Å². The summed E-state index contributed by atoms with van der Waals surface area (Å²) >= 11 is 4.63. The zero-order chi connectivity index (χ0) is 24.7. The average Bonchev–Trinajstić information content (AvgIpc) is 3.33. The molecule has 11 nitrogen and oxygen atoms in total. The predicted molar refractivity (Wildman–Crippen MR) is 128 cm³/mol. The summed E-state index contributed by atoms with van der Waals surface area (Å²) in [6.07, 6.45) is -1.80. The van der Waals surface area contributed by atoms with Gasteiger partial charge in [0.2, 0.25) is 0 Å². The highest BCUT2D eigenvalue weighted by molar-refractivity contribution is 9.10. The first-order chi connectivity index (χ1) is 16.8. The number of fused-ring (bicyclic) bond motifs is 2. The van der Waals surface area contributed by atoms with Crippen molar-refractivity contribution in [1.82, 2.24) is 19.5 Å². The van der Waals surface area contributed by atoms with Gasteiger partial charge in [-0.25, -0.2) is 19.7 Å². The highest BCUT2D eigenvalue weighted by Crippen LogP contribution is 2.36. The summed E-state index contributed by atoms with van der Waals surface area (Å²) in [5.74, 6) is -0.318. The quantitative estimate of drug-likeness (QED) is 0.202. The van der Waals surface area contributed by atoms with Crippen molar-refractivity contribution in [1.29, 1.82) is 0 Å². The monoisotopic (exact) mass is 562 g/mol. The molecule has 1 saturated heterocycles. The van der Waals surface area contributed by atoms with E-state index in [0.29, 0.717) is 27.5 Å². The third-order valence-corrected chi connectivity index (χ3v) is 6.98. The molecule has 2 N–H and O–H groups in total. The Morgan fingerprint density at radius 3 is 2.91 bits per heavy atom. The molecule has 1 aromatic carbocycles. The maximum absolute atomic E-state index is 12.5. The highest BCUT2D eigenvalue weighted by Gasteiger charge is 2.45. The SMILES string of the molecule is CC(=O)OC[C@H]1O[C@@H](n2c(SCc3cc4cc(Br)ccc4oc3=O)nc3cncnc32)[C@H](O)[C@@H]1O. The largest absolute Gasteiger partial charge is 0.463 e. The van der Waals surface area contributed by atoms with Crippen LogP contribution in [0.4, 0.5) is 0 Å². The van der Waals surface area contributed by atoms with Crippen molar-refractivity contribution in [3.63, 3.8) is 0 Å². The second-order valence-electron chi connectivity index (χ2n) is 7.87. The van der Waals surface area contributed by atoms with E-state index in [4.69, 9.17) is 13.9 Å². The van der Waals surface area contributed by atoms with E-state index < -0.39 is 36.1 Å². The number of carbonyl (C=O) groups excluding carboxylic acids is 1. The number of aliphatic hydroxyl groups excluding tert-OH is 2. The first kappa shape index (κ1) is 23.9. The zero-order valence-electron chi connectivity index (χ0n) is 18.2. The van der Waals surface area contributed by atoms with Gasteiger partial charge >= 0.3 is 11.6 Å². The Balaban J connectivity index is 1.47. The lowest BCUT2D eigenvalue weighted by atomic mass is 10.1. The van der Waals surface area contributed by atoms with Crippen molar-refractivity contribution < 1.29 is 28.9 Å². The van der Waals surface area contributed by atoms with Crippen molar-refractivity contribution >= 4 is 55.8 Å². The maximum Gasteiger partial charge on any atom is 0.340 e.